The van der Waals surface area contributed by atoms with E-state index in [1.54, 1.807) is 0 Å². The number of benzene rings is 3. The summed E-state index contributed by atoms with van der Waals surface area (Å²) in [7, 11) is 0. The Morgan fingerprint density at radius 3 is 2.10 bits per heavy atom. The van der Waals surface area contributed by atoms with Gasteiger partial charge in [-0.3, -0.25) is 4.79 Å². The van der Waals surface area contributed by atoms with Crippen LogP contribution in [-0.2, 0) is 6.54 Å². The molecule has 0 aliphatic carbocycles. The van der Waals surface area contributed by atoms with Crippen LogP contribution in [0.4, 0.5) is 0 Å². The molecule has 4 rings (SSSR count). The summed E-state index contributed by atoms with van der Waals surface area (Å²) in [6.07, 6.45) is 0.861. The van der Waals surface area contributed by atoms with Crippen LogP contribution >= 0.6 is 24.8 Å². The lowest BCUT2D eigenvalue weighted by Gasteiger charge is -2.12. The van der Waals surface area contributed by atoms with Gasteiger partial charge in [-0.15, -0.1) is 24.8 Å². The topological polar surface area (TPSA) is 68.3 Å². The molecule has 0 amide bonds. The number of nitrogens with one attached hydrogen (secondary N) is 1. The molecule has 0 spiro atoms. The largest absolute Gasteiger partial charge is 0.455 e. The highest BCUT2D eigenvalue weighted by molar-refractivity contribution is 5.85. The molecule has 0 aliphatic rings. The first kappa shape index (κ1) is 24.6. The lowest BCUT2D eigenvalue weighted by atomic mass is 10.0. The first-order valence-corrected chi connectivity index (χ1v) is 9.89. The molecule has 4 nitrogen and oxygen atoms in total. The molecule has 3 N–H and O–H groups in total. The second-order valence-electron chi connectivity index (χ2n) is 7.00. The minimum atomic E-state index is 0. The van der Waals surface area contributed by atoms with Gasteiger partial charge >= 0.3 is 0 Å². The maximum absolute atomic E-state index is 13.2. The van der Waals surface area contributed by atoms with Crippen molar-refractivity contribution in [2.45, 2.75) is 13.0 Å². The van der Waals surface area contributed by atoms with Crippen LogP contribution in [0.15, 0.2) is 88.1 Å². The number of hydrogen-bond donors (Lipinski definition) is 2. The van der Waals surface area contributed by atoms with Gasteiger partial charge in [-0.25, -0.2) is 0 Å². The van der Waals surface area contributed by atoms with Crippen molar-refractivity contribution in [2.75, 3.05) is 13.1 Å². The van der Waals surface area contributed by atoms with Crippen molar-refractivity contribution in [3.05, 3.63) is 94.6 Å². The van der Waals surface area contributed by atoms with E-state index in [0.717, 1.165) is 29.7 Å². The zero-order chi connectivity index (χ0) is 20.1. The van der Waals surface area contributed by atoms with Crippen molar-refractivity contribution in [1.29, 1.82) is 0 Å². The zero-order valence-electron chi connectivity index (χ0n) is 17.0. The maximum atomic E-state index is 13.2. The number of halogens is 2. The minimum Gasteiger partial charge on any atom is -0.455 e. The van der Waals surface area contributed by atoms with Crippen molar-refractivity contribution in [3.8, 4) is 22.5 Å². The fraction of sp³-hybridized carbons (Fsp3) is 0.160. The van der Waals surface area contributed by atoms with Crippen LogP contribution in [0.2, 0.25) is 0 Å². The van der Waals surface area contributed by atoms with Gasteiger partial charge in [-0.05, 0) is 42.8 Å². The van der Waals surface area contributed by atoms with Gasteiger partial charge in [0.2, 0.25) is 0 Å². The van der Waals surface area contributed by atoms with E-state index in [0.29, 0.717) is 35.4 Å². The lowest BCUT2D eigenvalue weighted by Crippen LogP contribution is -2.23. The van der Waals surface area contributed by atoms with Crippen LogP contribution in [0, 0.1) is 0 Å². The Labute approximate surface area is 194 Å². The number of fused-ring (bicyclic) bond motifs is 1. The summed E-state index contributed by atoms with van der Waals surface area (Å²) in [6.45, 7) is 1.82. The number of hydrogen-bond acceptors (Lipinski definition) is 4. The summed E-state index contributed by atoms with van der Waals surface area (Å²) in [5.74, 6) is 0.619. The fourth-order valence-electron chi connectivity index (χ4n) is 3.46. The molecule has 0 saturated carbocycles. The van der Waals surface area contributed by atoms with Crippen molar-refractivity contribution >= 4 is 35.8 Å². The Balaban J connectivity index is 0.00000171. The molecule has 4 aromatic rings. The highest BCUT2D eigenvalue weighted by Gasteiger charge is 2.16. The Morgan fingerprint density at radius 2 is 1.39 bits per heavy atom. The molecule has 0 saturated heterocycles. The summed E-state index contributed by atoms with van der Waals surface area (Å²) in [6, 6.07) is 25.8. The van der Waals surface area contributed by atoms with E-state index < -0.39 is 0 Å². The van der Waals surface area contributed by atoms with Gasteiger partial charge in [0.25, 0.3) is 0 Å². The first-order valence-electron chi connectivity index (χ1n) is 9.89. The van der Waals surface area contributed by atoms with E-state index in [-0.39, 0.29) is 30.2 Å². The van der Waals surface area contributed by atoms with Crippen LogP contribution in [0.3, 0.4) is 0 Å². The predicted molar refractivity (Wildman–Crippen MR) is 133 cm³/mol. The quantitative estimate of drug-likeness (QED) is 0.364. The molecule has 0 unspecified atom stereocenters. The molecule has 0 radical (unpaired) electrons. The van der Waals surface area contributed by atoms with Crippen LogP contribution in [0.5, 0.6) is 0 Å². The molecule has 0 fully saturated rings. The van der Waals surface area contributed by atoms with Crippen LogP contribution in [0.1, 0.15) is 12.0 Å². The average Bonchev–Trinajstić information content (AvgIpc) is 2.78. The maximum Gasteiger partial charge on any atom is 0.197 e. The highest BCUT2D eigenvalue weighted by atomic mass is 35.5. The van der Waals surface area contributed by atoms with E-state index in [4.69, 9.17) is 10.2 Å². The second-order valence-corrected chi connectivity index (χ2v) is 7.00. The van der Waals surface area contributed by atoms with Crippen molar-refractivity contribution in [3.63, 3.8) is 0 Å². The molecule has 1 heterocycles. The van der Waals surface area contributed by atoms with E-state index in [9.17, 15) is 4.79 Å². The van der Waals surface area contributed by atoms with Crippen LogP contribution in [-0.4, -0.2) is 13.1 Å². The number of nitrogens with two attached hydrogens (primary N) is 1. The van der Waals surface area contributed by atoms with Gasteiger partial charge in [0.1, 0.15) is 11.3 Å². The molecule has 0 bridgehead atoms. The summed E-state index contributed by atoms with van der Waals surface area (Å²) >= 11 is 0. The molecule has 0 atom stereocenters. The average molecular weight is 457 g/mol. The molecule has 1 aromatic heterocycles. The molecule has 0 aliphatic heterocycles. The van der Waals surface area contributed by atoms with Gasteiger partial charge < -0.3 is 15.5 Å². The summed E-state index contributed by atoms with van der Waals surface area (Å²) in [5.41, 5.74) is 10.0. The van der Waals surface area contributed by atoms with Crippen LogP contribution < -0.4 is 16.5 Å². The van der Waals surface area contributed by atoms with E-state index in [1.165, 1.54) is 0 Å². The molecule has 31 heavy (non-hydrogen) atoms. The monoisotopic (exact) mass is 456 g/mol. The summed E-state index contributed by atoms with van der Waals surface area (Å²) in [4.78, 5) is 13.2. The summed E-state index contributed by atoms with van der Waals surface area (Å²) in [5, 5.41) is 3.92. The fourth-order valence-corrected chi connectivity index (χ4v) is 3.46. The molecular weight excluding hydrogens is 431 g/mol. The molecule has 162 valence electrons. The number of para-hydroxylation sites is 1. The van der Waals surface area contributed by atoms with Crippen molar-refractivity contribution in [2.24, 2.45) is 5.73 Å². The van der Waals surface area contributed by atoms with Gasteiger partial charge in [0.15, 0.2) is 5.43 Å². The van der Waals surface area contributed by atoms with E-state index in [2.05, 4.69) is 29.6 Å². The molecular formula is C25H26Cl2N2O2. The molecule has 6 heteroatoms. The summed E-state index contributed by atoms with van der Waals surface area (Å²) < 4.78 is 6.20. The highest BCUT2D eigenvalue weighted by Crippen LogP contribution is 2.28. The van der Waals surface area contributed by atoms with Gasteiger partial charge in [-0.1, -0.05) is 66.7 Å². The molecule has 3 aromatic carbocycles. The Hall–Kier alpha value is -2.63. The third-order valence-electron chi connectivity index (χ3n) is 5.01. The first-order chi connectivity index (χ1) is 14.3. The Morgan fingerprint density at radius 1 is 0.774 bits per heavy atom. The van der Waals surface area contributed by atoms with Crippen molar-refractivity contribution in [1.82, 2.24) is 5.32 Å². The second kappa shape index (κ2) is 11.7. The third kappa shape index (κ3) is 5.54. The number of rotatable bonds is 7. The Kier molecular flexibility index (Phi) is 9.28. The van der Waals surface area contributed by atoms with Crippen LogP contribution in [0.25, 0.3) is 33.4 Å². The van der Waals surface area contributed by atoms with Gasteiger partial charge in [0, 0.05) is 12.1 Å². The minimum absolute atomic E-state index is 0. The SMILES string of the molecule is Cl.Cl.NCCCNCc1c(-c2ccc(-c3ccccc3)cc2)oc2ccccc2c1=O. The van der Waals surface area contributed by atoms with Gasteiger partial charge in [-0.2, -0.15) is 0 Å². The predicted octanol–water partition coefficient (Wildman–Crippen LogP) is 5.41. The smallest absolute Gasteiger partial charge is 0.197 e. The Bertz CT molecular complexity index is 1160. The lowest BCUT2D eigenvalue weighted by molar-refractivity contribution is 0.592. The third-order valence-corrected chi connectivity index (χ3v) is 5.01. The van der Waals surface area contributed by atoms with Crippen molar-refractivity contribution < 1.29 is 4.42 Å². The van der Waals surface area contributed by atoms with E-state index >= 15 is 0 Å². The zero-order valence-corrected chi connectivity index (χ0v) is 18.7. The van der Waals surface area contributed by atoms with Gasteiger partial charge in [0.05, 0.1) is 10.9 Å². The standard InChI is InChI=1S/C25H24N2O2.2ClH/c26-15-6-16-27-17-22-24(28)21-9-4-5-10-23(21)29-25(22)20-13-11-19(12-14-20)18-7-2-1-3-8-18;;/h1-5,7-14,27H,6,15-17,26H2;2*1H. The van der Waals surface area contributed by atoms with E-state index in [1.807, 2.05) is 54.6 Å². The normalized spacial score (nSPS) is 10.4.